The fraction of sp³-hybridized carbons (Fsp3) is 0.500. The molecule has 0 aromatic heterocycles. The summed E-state index contributed by atoms with van der Waals surface area (Å²) in [5, 5.41) is 8.75. The number of hydrogen-bond donors (Lipinski definition) is 1. The third-order valence-corrected chi connectivity index (χ3v) is 3.75. The van der Waals surface area contributed by atoms with E-state index in [2.05, 4.69) is 32.6 Å². The van der Waals surface area contributed by atoms with Crippen molar-refractivity contribution in [1.29, 1.82) is 0 Å². The Morgan fingerprint density at radius 2 is 1.85 bits per heavy atom. The smallest absolute Gasteiger partial charge is 0.303 e. The molecular weight excluding hydrogens is 248 g/mol. The van der Waals surface area contributed by atoms with Gasteiger partial charge in [-0.25, -0.2) is 0 Å². The Morgan fingerprint density at radius 1 is 1.30 bits per heavy atom. The van der Waals surface area contributed by atoms with E-state index in [1.54, 1.807) is 0 Å². The van der Waals surface area contributed by atoms with E-state index in [1.807, 2.05) is 32.9 Å². The summed E-state index contributed by atoms with van der Waals surface area (Å²) in [5.41, 5.74) is 3.43. The molecule has 1 unspecified atom stereocenters. The van der Waals surface area contributed by atoms with E-state index in [9.17, 15) is 4.79 Å². The zero-order valence-electron chi connectivity index (χ0n) is 13.5. The van der Waals surface area contributed by atoms with Crippen LogP contribution in [0.4, 0.5) is 0 Å². The van der Waals surface area contributed by atoms with Crippen molar-refractivity contribution in [2.75, 3.05) is 0 Å². The molecule has 112 valence electrons. The van der Waals surface area contributed by atoms with Crippen LogP contribution in [0.3, 0.4) is 0 Å². The Bertz CT molecular complexity index is 448. The minimum Gasteiger partial charge on any atom is -0.481 e. The van der Waals surface area contributed by atoms with Gasteiger partial charge < -0.3 is 5.11 Å². The lowest BCUT2D eigenvalue weighted by Crippen LogP contribution is -2.24. The first-order valence-electron chi connectivity index (χ1n) is 7.32. The summed E-state index contributed by atoms with van der Waals surface area (Å²) in [4.78, 5) is 10.6. The Morgan fingerprint density at radius 3 is 2.30 bits per heavy atom. The van der Waals surface area contributed by atoms with E-state index >= 15 is 0 Å². The summed E-state index contributed by atoms with van der Waals surface area (Å²) in [7, 11) is 0. The van der Waals surface area contributed by atoms with E-state index in [0.29, 0.717) is 6.42 Å². The largest absolute Gasteiger partial charge is 0.481 e. The lowest BCUT2D eigenvalue weighted by Gasteiger charge is -2.32. The second kappa shape index (κ2) is 8.57. The molecule has 0 aliphatic rings. The molecule has 0 saturated heterocycles. The van der Waals surface area contributed by atoms with Gasteiger partial charge in [-0.3, -0.25) is 4.79 Å². The molecule has 0 bridgehead atoms. The van der Waals surface area contributed by atoms with Gasteiger partial charge in [0.15, 0.2) is 0 Å². The van der Waals surface area contributed by atoms with Gasteiger partial charge in [0.2, 0.25) is 0 Å². The van der Waals surface area contributed by atoms with Crippen LogP contribution < -0.4 is 0 Å². The molecule has 0 amide bonds. The minimum absolute atomic E-state index is 0.138. The number of aliphatic carboxylic acids is 1. The van der Waals surface area contributed by atoms with Crippen molar-refractivity contribution in [3.8, 4) is 0 Å². The third kappa shape index (κ3) is 4.84. The first-order valence-corrected chi connectivity index (χ1v) is 7.32. The average Bonchev–Trinajstić information content (AvgIpc) is 2.40. The molecule has 1 rings (SSSR count). The number of carboxylic acids is 1. The van der Waals surface area contributed by atoms with Crippen LogP contribution in [0.5, 0.6) is 0 Å². The number of carbonyl (C=O) groups is 1. The normalized spacial score (nSPS) is 12.8. The molecule has 0 aliphatic carbocycles. The number of aryl methyl sites for hydroxylation is 1. The first-order chi connectivity index (χ1) is 9.38. The molecule has 0 spiro atoms. The molecule has 0 aliphatic heterocycles. The van der Waals surface area contributed by atoms with Crippen LogP contribution in [-0.2, 0) is 10.2 Å². The van der Waals surface area contributed by atoms with Crippen molar-refractivity contribution in [2.45, 2.75) is 59.3 Å². The molecule has 0 fully saturated rings. The van der Waals surface area contributed by atoms with E-state index in [-0.39, 0.29) is 11.8 Å². The molecular formula is C18H28O2. The summed E-state index contributed by atoms with van der Waals surface area (Å²) >= 11 is 0. The van der Waals surface area contributed by atoms with Gasteiger partial charge in [0.05, 0.1) is 0 Å². The van der Waals surface area contributed by atoms with E-state index in [0.717, 1.165) is 12.0 Å². The molecule has 1 atom stereocenters. The van der Waals surface area contributed by atoms with Crippen LogP contribution in [0, 0.1) is 6.92 Å². The maximum atomic E-state index is 10.6. The highest BCUT2D eigenvalue weighted by Crippen LogP contribution is 2.37. The molecule has 1 N–H and O–H groups in total. The molecule has 2 nitrogen and oxygen atoms in total. The lowest BCUT2D eigenvalue weighted by atomic mass is 9.72. The second-order valence-electron chi connectivity index (χ2n) is 5.17. The minimum atomic E-state index is -0.733. The number of rotatable bonds is 6. The monoisotopic (exact) mass is 276 g/mol. The summed E-state index contributed by atoms with van der Waals surface area (Å²) in [6.45, 7) is 14.4. The van der Waals surface area contributed by atoms with E-state index < -0.39 is 5.97 Å². The van der Waals surface area contributed by atoms with Crippen LogP contribution in [0.1, 0.15) is 58.1 Å². The topological polar surface area (TPSA) is 37.3 Å². The third-order valence-electron chi connectivity index (χ3n) is 3.75. The van der Waals surface area contributed by atoms with Gasteiger partial charge in [-0.05, 0) is 37.8 Å². The Balaban J connectivity index is 0.00000172. The second-order valence-corrected chi connectivity index (χ2v) is 5.17. The van der Waals surface area contributed by atoms with Crippen LogP contribution >= 0.6 is 0 Å². The molecule has 20 heavy (non-hydrogen) atoms. The van der Waals surface area contributed by atoms with Gasteiger partial charge in [-0.2, -0.15) is 0 Å². The van der Waals surface area contributed by atoms with E-state index in [4.69, 9.17) is 5.11 Å². The molecule has 2 heteroatoms. The number of carboxylic acid groups (broad SMARTS) is 1. The van der Waals surface area contributed by atoms with Crippen molar-refractivity contribution < 1.29 is 9.90 Å². The molecule has 0 radical (unpaired) electrons. The summed E-state index contributed by atoms with van der Waals surface area (Å²) < 4.78 is 0. The van der Waals surface area contributed by atoms with Gasteiger partial charge in [0, 0.05) is 11.8 Å². The molecule has 1 aromatic carbocycles. The highest BCUT2D eigenvalue weighted by atomic mass is 16.4. The highest BCUT2D eigenvalue weighted by Gasteiger charge is 2.28. The van der Waals surface area contributed by atoms with Crippen LogP contribution in [0.15, 0.2) is 36.4 Å². The van der Waals surface area contributed by atoms with Crippen LogP contribution in [0.25, 0.3) is 0 Å². The van der Waals surface area contributed by atoms with Crippen molar-refractivity contribution in [1.82, 2.24) is 0 Å². The molecule has 1 aromatic rings. The summed E-state index contributed by atoms with van der Waals surface area (Å²) in [5.74, 6) is -0.733. The van der Waals surface area contributed by atoms with Gasteiger partial charge in [0.1, 0.15) is 0 Å². The van der Waals surface area contributed by atoms with E-state index in [1.165, 1.54) is 11.1 Å². The highest BCUT2D eigenvalue weighted by molar-refractivity contribution is 5.66. The average molecular weight is 276 g/mol. The SMILES string of the molecule is C=C(C)C(C)(CCCC(=O)O)c1ccccc1C.CC. The van der Waals surface area contributed by atoms with Crippen LogP contribution in [-0.4, -0.2) is 11.1 Å². The van der Waals surface area contributed by atoms with Crippen molar-refractivity contribution in [3.05, 3.63) is 47.5 Å². The van der Waals surface area contributed by atoms with Crippen molar-refractivity contribution >= 4 is 5.97 Å². The predicted octanol–water partition coefficient (Wildman–Crippen LogP) is 5.11. The fourth-order valence-electron chi connectivity index (χ4n) is 2.36. The number of hydrogen-bond acceptors (Lipinski definition) is 1. The first kappa shape index (κ1) is 18.4. The van der Waals surface area contributed by atoms with Crippen molar-refractivity contribution in [2.24, 2.45) is 0 Å². The zero-order chi connectivity index (χ0) is 15.8. The summed E-state index contributed by atoms with van der Waals surface area (Å²) in [6.07, 6.45) is 1.71. The Kier molecular flexibility index (Phi) is 7.90. The predicted molar refractivity (Wildman–Crippen MR) is 86.2 cm³/mol. The lowest BCUT2D eigenvalue weighted by molar-refractivity contribution is -0.137. The fourth-order valence-corrected chi connectivity index (χ4v) is 2.36. The van der Waals surface area contributed by atoms with Gasteiger partial charge in [-0.15, -0.1) is 0 Å². The zero-order valence-corrected chi connectivity index (χ0v) is 13.5. The number of benzene rings is 1. The van der Waals surface area contributed by atoms with Gasteiger partial charge >= 0.3 is 5.97 Å². The van der Waals surface area contributed by atoms with Crippen LogP contribution in [0.2, 0.25) is 0 Å². The summed E-state index contributed by atoms with van der Waals surface area (Å²) in [6, 6.07) is 8.26. The Labute approximate surface area is 123 Å². The number of allylic oxidation sites excluding steroid dienone is 1. The molecule has 0 saturated carbocycles. The standard InChI is InChI=1S/C16H22O2.C2H6/c1-12(2)16(4,11-7-10-15(17)18)14-9-6-5-8-13(14)3;1-2/h5-6,8-9H,1,7,10-11H2,2-4H3,(H,17,18);1-2H3. The quantitative estimate of drug-likeness (QED) is 0.733. The van der Waals surface area contributed by atoms with Crippen molar-refractivity contribution in [3.63, 3.8) is 0 Å². The molecule has 0 heterocycles. The maximum absolute atomic E-state index is 10.6. The Hall–Kier alpha value is -1.57. The van der Waals surface area contributed by atoms with Gasteiger partial charge in [-0.1, -0.05) is 57.2 Å². The maximum Gasteiger partial charge on any atom is 0.303 e. The van der Waals surface area contributed by atoms with Gasteiger partial charge in [0.25, 0.3) is 0 Å².